The fraction of sp³-hybridized carbons (Fsp3) is 0.417. The summed E-state index contributed by atoms with van der Waals surface area (Å²) in [5.74, 6) is -0.0938. The smallest absolute Gasteiger partial charge is 0.361 e. The lowest BCUT2D eigenvalue weighted by atomic mass is 10.2. The SMILES string of the molecule is CCOC(=O)c1ncoc1-c1cc(CC)nn1C. The van der Waals surface area contributed by atoms with Gasteiger partial charge in [0.05, 0.1) is 12.3 Å². The Hall–Kier alpha value is -2.11. The Bertz CT molecular complexity index is 557. The molecular formula is C12H15N3O3. The van der Waals surface area contributed by atoms with Gasteiger partial charge in [0.2, 0.25) is 0 Å². The molecule has 2 rings (SSSR count). The van der Waals surface area contributed by atoms with Crippen molar-refractivity contribution in [3.63, 3.8) is 0 Å². The van der Waals surface area contributed by atoms with Crippen LogP contribution in [-0.4, -0.2) is 27.3 Å². The summed E-state index contributed by atoms with van der Waals surface area (Å²) in [4.78, 5) is 15.6. The van der Waals surface area contributed by atoms with E-state index in [1.165, 1.54) is 6.39 Å². The topological polar surface area (TPSA) is 70.2 Å². The van der Waals surface area contributed by atoms with Crippen molar-refractivity contribution < 1.29 is 13.9 Å². The van der Waals surface area contributed by atoms with Crippen LogP contribution in [0.4, 0.5) is 0 Å². The number of nitrogens with zero attached hydrogens (tertiary/aromatic N) is 3. The van der Waals surface area contributed by atoms with Crippen LogP contribution in [0.15, 0.2) is 16.9 Å². The number of hydrogen-bond donors (Lipinski definition) is 0. The molecule has 0 atom stereocenters. The molecule has 0 radical (unpaired) electrons. The number of carbonyl (C=O) groups excluding carboxylic acids is 1. The lowest BCUT2D eigenvalue weighted by Crippen LogP contribution is -2.07. The third-order valence-corrected chi connectivity index (χ3v) is 2.56. The first kappa shape index (κ1) is 12.3. The van der Waals surface area contributed by atoms with Gasteiger partial charge in [-0.25, -0.2) is 9.78 Å². The van der Waals surface area contributed by atoms with Gasteiger partial charge in [0.15, 0.2) is 17.8 Å². The number of rotatable bonds is 4. The lowest BCUT2D eigenvalue weighted by Gasteiger charge is -2.01. The Balaban J connectivity index is 2.41. The molecule has 0 saturated carbocycles. The van der Waals surface area contributed by atoms with Crippen molar-refractivity contribution in [2.24, 2.45) is 7.05 Å². The van der Waals surface area contributed by atoms with Gasteiger partial charge in [0, 0.05) is 7.05 Å². The first-order valence-electron chi connectivity index (χ1n) is 5.81. The molecule has 2 heterocycles. The lowest BCUT2D eigenvalue weighted by molar-refractivity contribution is 0.0520. The van der Waals surface area contributed by atoms with Gasteiger partial charge in [-0.3, -0.25) is 4.68 Å². The zero-order valence-corrected chi connectivity index (χ0v) is 10.6. The molecule has 0 spiro atoms. The molecule has 6 heteroatoms. The maximum atomic E-state index is 11.7. The number of oxazole rings is 1. The van der Waals surface area contributed by atoms with Crippen molar-refractivity contribution in [2.75, 3.05) is 6.61 Å². The van der Waals surface area contributed by atoms with Gasteiger partial charge in [-0.15, -0.1) is 0 Å². The molecular weight excluding hydrogens is 234 g/mol. The highest BCUT2D eigenvalue weighted by Gasteiger charge is 2.22. The van der Waals surface area contributed by atoms with E-state index in [4.69, 9.17) is 9.15 Å². The van der Waals surface area contributed by atoms with E-state index < -0.39 is 5.97 Å². The third kappa shape index (κ3) is 2.13. The zero-order chi connectivity index (χ0) is 13.1. The molecule has 0 fully saturated rings. The molecule has 0 saturated heterocycles. The monoisotopic (exact) mass is 249 g/mol. The van der Waals surface area contributed by atoms with E-state index >= 15 is 0 Å². The minimum absolute atomic E-state index is 0.183. The second-order valence-electron chi connectivity index (χ2n) is 3.75. The van der Waals surface area contributed by atoms with Gasteiger partial charge in [0.25, 0.3) is 0 Å². The molecule has 0 amide bonds. The average Bonchev–Trinajstić information content (AvgIpc) is 2.94. The van der Waals surface area contributed by atoms with Crippen LogP contribution in [0.25, 0.3) is 11.5 Å². The maximum absolute atomic E-state index is 11.7. The van der Waals surface area contributed by atoms with E-state index in [0.717, 1.165) is 12.1 Å². The molecule has 0 N–H and O–H groups in total. The van der Waals surface area contributed by atoms with Gasteiger partial charge in [0.1, 0.15) is 5.69 Å². The number of esters is 1. The summed E-state index contributed by atoms with van der Waals surface area (Å²) >= 11 is 0. The molecule has 6 nitrogen and oxygen atoms in total. The number of ether oxygens (including phenoxy) is 1. The van der Waals surface area contributed by atoms with Crippen LogP contribution in [0.3, 0.4) is 0 Å². The molecule has 0 bridgehead atoms. The Morgan fingerprint density at radius 3 is 2.89 bits per heavy atom. The van der Waals surface area contributed by atoms with Crippen molar-refractivity contribution in [1.29, 1.82) is 0 Å². The second-order valence-corrected chi connectivity index (χ2v) is 3.75. The molecule has 2 aromatic heterocycles. The largest absolute Gasteiger partial charge is 0.461 e. The first-order valence-corrected chi connectivity index (χ1v) is 5.81. The summed E-state index contributed by atoms with van der Waals surface area (Å²) in [5.41, 5.74) is 1.83. The molecule has 96 valence electrons. The summed E-state index contributed by atoms with van der Waals surface area (Å²) in [6.45, 7) is 4.06. The van der Waals surface area contributed by atoms with Gasteiger partial charge < -0.3 is 9.15 Å². The molecule has 0 aliphatic carbocycles. The highest BCUT2D eigenvalue weighted by Crippen LogP contribution is 2.24. The van der Waals surface area contributed by atoms with E-state index in [0.29, 0.717) is 18.1 Å². The quantitative estimate of drug-likeness (QED) is 0.773. The minimum Gasteiger partial charge on any atom is -0.461 e. The Kier molecular flexibility index (Phi) is 3.45. The van der Waals surface area contributed by atoms with E-state index in [1.807, 2.05) is 13.0 Å². The normalized spacial score (nSPS) is 10.6. The minimum atomic E-state index is -0.486. The molecule has 2 aromatic rings. The summed E-state index contributed by atoms with van der Waals surface area (Å²) in [6.07, 6.45) is 2.05. The fourth-order valence-corrected chi connectivity index (χ4v) is 1.68. The van der Waals surface area contributed by atoms with Crippen molar-refractivity contribution in [3.05, 3.63) is 23.8 Å². The van der Waals surface area contributed by atoms with Gasteiger partial charge in [-0.1, -0.05) is 6.92 Å². The van der Waals surface area contributed by atoms with Crippen LogP contribution in [0.2, 0.25) is 0 Å². The van der Waals surface area contributed by atoms with E-state index in [2.05, 4.69) is 10.1 Å². The third-order valence-electron chi connectivity index (χ3n) is 2.56. The van der Waals surface area contributed by atoms with Crippen LogP contribution in [0.5, 0.6) is 0 Å². The molecule has 0 aliphatic heterocycles. The molecule has 18 heavy (non-hydrogen) atoms. The standard InChI is InChI=1S/C12H15N3O3/c1-4-8-6-9(15(3)14-8)11-10(13-7-18-11)12(16)17-5-2/h6-7H,4-5H2,1-3H3. The van der Waals surface area contributed by atoms with Gasteiger partial charge in [-0.2, -0.15) is 5.10 Å². The number of aryl methyl sites for hydroxylation is 2. The van der Waals surface area contributed by atoms with Crippen molar-refractivity contribution in [2.45, 2.75) is 20.3 Å². The van der Waals surface area contributed by atoms with Gasteiger partial charge in [-0.05, 0) is 19.4 Å². The summed E-state index contributed by atoms with van der Waals surface area (Å²) in [5, 5.41) is 4.31. The van der Waals surface area contributed by atoms with Crippen molar-refractivity contribution in [1.82, 2.24) is 14.8 Å². The average molecular weight is 249 g/mol. The summed E-state index contributed by atoms with van der Waals surface area (Å²) in [7, 11) is 1.80. The van der Waals surface area contributed by atoms with Crippen LogP contribution in [0.1, 0.15) is 30.0 Å². The van der Waals surface area contributed by atoms with E-state index in [9.17, 15) is 4.79 Å². The predicted octanol–water partition coefficient (Wildman–Crippen LogP) is 1.81. The van der Waals surface area contributed by atoms with Crippen LogP contribution < -0.4 is 0 Å². The molecule has 0 aromatic carbocycles. The molecule has 0 aliphatic rings. The van der Waals surface area contributed by atoms with E-state index in [-0.39, 0.29) is 5.69 Å². The van der Waals surface area contributed by atoms with Crippen LogP contribution in [0, 0.1) is 0 Å². The second kappa shape index (κ2) is 5.03. The fourth-order valence-electron chi connectivity index (χ4n) is 1.68. The Morgan fingerprint density at radius 1 is 1.50 bits per heavy atom. The van der Waals surface area contributed by atoms with Crippen LogP contribution in [-0.2, 0) is 18.2 Å². The van der Waals surface area contributed by atoms with Crippen molar-refractivity contribution in [3.8, 4) is 11.5 Å². The van der Waals surface area contributed by atoms with Gasteiger partial charge >= 0.3 is 5.97 Å². The summed E-state index contributed by atoms with van der Waals surface area (Å²) < 4.78 is 11.9. The number of carbonyl (C=O) groups is 1. The van der Waals surface area contributed by atoms with Crippen molar-refractivity contribution >= 4 is 5.97 Å². The highest BCUT2D eigenvalue weighted by molar-refractivity contribution is 5.93. The van der Waals surface area contributed by atoms with E-state index in [1.54, 1.807) is 18.7 Å². The van der Waals surface area contributed by atoms with Crippen LogP contribution >= 0.6 is 0 Å². The summed E-state index contributed by atoms with van der Waals surface area (Å²) in [6, 6.07) is 1.88. The zero-order valence-electron chi connectivity index (χ0n) is 10.6. The Morgan fingerprint density at radius 2 is 2.28 bits per heavy atom. The number of aromatic nitrogens is 3. The predicted molar refractivity (Wildman–Crippen MR) is 64.0 cm³/mol. The Labute approximate surface area is 105 Å². The maximum Gasteiger partial charge on any atom is 0.361 e. The first-order chi connectivity index (χ1) is 8.67. The molecule has 0 unspecified atom stereocenters. The number of hydrogen-bond acceptors (Lipinski definition) is 5. The highest BCUT2D eigenvalue weighted by atomic mass is 16.5.